The fourth-order valence-corrected chi connectivity index (χ4v) is 0.937. The highest BCUT2D eigenvalue weighted by molar-refractivity contribution is 4.58. The van der Waals surface area contributed by atoms with Gasteiger partial charge in [0.2, 0.25) is 0 Å². The van der Waals surface area contributed by atoms with Crippen LogP contribution in [-0.2, 0) is 0 Å². The Hall–Kier alpha value is -0.200. The van der Waals surface area contributed by atoms with Crippen LogP contribution in [0, 0.1) is 0 Å². The van der Waals surface area contributed by atoms with E-state index < -0.39 is 18.7 Å². The average molecular weight is 167 g/mol. The summed E-state index contributed by atoms with van der Waals surface area (Å²) >= 11 is 0. The minimum atomic E-state index is -0.833. The van der Waals surface area contributed by atoms with Crippen molar-refractivity contribution in [1.82, 2.24) is 4.90 Å². The summed E-state index contributed by atoms with van der Waals surface area (Å²) in [5, 5.41) is 26.9. The van der Waals surface area contributed by atoms with Crippen molar-refractivity contribution in [2.24, 2.45) is 0 Å². The van der Waals surface area contributed by atoms with Crippen LogP contribution < -0.4 is 0 Å². The molecule has 0 aliphatic rings. The third-order valence-electron chi connectivity index (χ3n) is 1.29. The Bertz CT molecular complexity index is 75.6. The van der Waals surface area contributed by atoms with Gasteiger partial charge in [0.05, 0.1) is 0 Å². The highest BCUT2D eigenvalue weighted by Gasteiger charge is 2.19. The van der Waals surface area contributed by atoms with E-state index in [0.717, 1.165) is 0 Å². The monoisotopic (exact) mass is 167 g/mol. The van der Waals surface area contributed by atoms with E-state index >= 15 is 0 Å². The molecular formula is C6H17NO4. The number of aliphatic hydroxyl groups is 3. The molecule has 0 amide bonds. The third kappa shape index (κ3) is 4.28. The highest BCUT2D eigenvalue weighted by Crippen LogP contribution is 2.04. The van der Waals surface area contributed by atoms with E-state index in [1.807, 2.05) is 0 Å². The summed E-state index contributed by atoms with van der Waals surface area (Å²) in [4.78, 5) is 1.17. The third-order valence-corrected chi connectivity index (χ3v) is 1.29. The quantitative estimate of drug-likeness (QED) is 0.445. The predicted octanol–water partition coefficient (Wildman–Crippen LogP) is -1.52. The minimum absolute atomic E-state index is 0. The van der Waals surface area contributed by atoms with Gasteiger partial charge in [-0.3, -0.25) is 0 Å². The van der Waals surface area contributed by atoms with Crippen LogP contribution in [0.1, 0.15) is 20.8 Å². The smallest absolute Gasteiger partial charge is 0.108 e. The second kappa shape index (κ2) is 5.45. The van der Waals surface area contributed by atoms with E-state index in [1.54, 1.807) is 0 Å². The van der Waals surface area contributed by atoms with Gasteiger partial charge >= 0.3 is 0 Å². The van der Waals surface area contributed by atoms with E-state index in [4.69, 9.17) is 15.3 Å². The molecule has 0 aliphatic heterocycles. The Morgan fingerprint density at radius 3 is 1.00 bits per heavy atom. The largest absolute Gasteiger partial charge is 0.412 e. The lowest BCUT2D eigenvalue weighted by Crippen LogP contribution is -2.45. The average Bonchev–Trinajstić information content (AvgIpc) is 1.59. The van der Waals surface area contributed by atoms with E-state index in [2.05, 4.69) is 0 Å². The van der Waals surface area contributed by atoms with Crippen molar-refractivity contribution in [3.63, 3.8) is 0 Å². The molecule has 0 radical (unpaired) electrons. The summed E-state index contributed by atoms with van der Waals surface area (Å²) in [6.45, 7) is 4.46. The molecule has 0 rings (SSSR count). The zero-order valence-corrected chi connectivity index (χ0v) is 7.02. The van der Waals surface area contributed by atoms with E-state index in [-0.39, 0.29) is 5.48 Å². The van der Waals surface area contributed by atoms with Crippen molar-refractivity contribution < 1.29 is 20.8 Å². The molecule has 0 aromatic rings. The molecule has 0 saturated heterocycles. The van der Waals surface area contributed by atoms with Crippen molar-refractivity contribution >= 4 is 0 Å². The summed E-state index contributed by atoms with van der Waals surface area (Å²) in [6, 6.07) is 0. The van der Waals surface area contributed by atoms with Crippen LogP contribution in [0.25, 0.3) is 0 Å². The van der Waals surface area contributed by atoms with Gasteiger partial charge in [0.15, 0.2) is 0 Å². The molecule has 0 spiro atoms. The van der Waals surface area contributed by atoms with Crippen molar-refractivity contribution in [3.05, 3.63) is 0 Å². The van der Waals surface area contributed by atoms with Crippen LogP contribution in [0.15, 0.2) is 0 Å². The maximum Gasteiger partial charge on any atom is 0.108 e. The second-order valence-corrected chi connectivity index (χ2v) is 2.34. The van der Waals surface area contributed by atoms with Gasteiger partial charge in [0, 0.05) is 0 Å². The lowest BCUT2D eigenvalue weighted by molar-refractivity contribution is -0.159. The fraction of sp³-hybridized carbons (Fsp3) is 1.00. The topological polar surface area (TPSA) is 95.4 Å². The van der Waals surface area contributed by atoms with Crippen LogP contribution in [0.2, 0.25) is 0 Å². The maximum atomic E-state index is 8.96. The predicted molar refractivity (Wildman–Crippen MR) is 40.5 cm³/mol. The molecule has 0 saturated carbocycles. The summed E-state index contributed by atoms with van der Waals surface area (Å²) in [5.41, 5.74) is 0. The summed E-state index contributed by atoms with van der Waals surface area (Å²) in [7, 11) is 0. The number of aliphatic hydroxyl groups excluding tert-OH is 3. The first-order valence-electron chi connectivity index (χ1n) is 3.28. The van der Waals surface area contributed by atoms with Crippen molar-refractivity contribution in [2.75, 3.05) is 0 Å². The van der Waals surface area contributed by atoms with Gasteiger partial charge in [-0.25, -0.2) is 4.90 Å². The SMILES string of the molecule is CC(O)N(C(C)O)C(C)O.O. The van der Waals surface area contributed by atoms with E-state index in [9.17, 15) is 0 Å². The Balaban J connectivity index is 0. The number of rotatable bonds is 3. The molecule has 0 aromatic carbocycles. The number of nitrogens with zero attached hydrogens (tertiary/aromatic N) is 1. The molecule has 0 aliphatic carbocycles. The fourth-order valence-electron chi connectivity index (χ4n) is 0.937. The molecule has 0 fully saturated rings. The first-order chi connectivity index (χ1) is 4.46. The molecule has 0 aromatic heterocycles. The van der Waals surface area contributed by atoms with E-state index in [1.165, 1.54) is 25.7 Å². The minimum Gasteiger partial charge on any atom is -0.412 e. The maximum absolute atomic E-state index is 8.96. The Labute approximate surface area is 66.2 Å². The van der Waals surface area contributed by atoms with Gasteiger partial charge in [-0.1, -0.05) is 0 Å². The first-order valence-corrected chi connectivity index (χ1v) is 3.28. The van der Waals surface area contributed by atoms with Gasteiger partial charge in [0.1, 0.15) is 18.7 Å². The van der Waals surface area contributed by atoms with Gasteiger partial charge in [0.25, 0.3) is 0 Å². The first kappa shape index (κ1) is 13.4. The Morgan fingerprint density at radius 2 is 1.00 bits per heavy atom. The molecule has 5 heteroatoms. The number of hydrogen-bond donors (Lipinski definition) is 3. The lowest BCUT2D eigenvalue weighted by Gasteiger charge is -2.30. The normalized spacial score (nSPS) is 18.8. The van der Waals surface area contributed by atoms with Gasteiger partial charge in [-0.2, -0.15) is 0 Å². The van der Waals surface area contributed by atoms with Crippen LogP contribution in [-0.4, -0.2) is 44.4 Å². The van der Waals surface area contributed by atoms with Crippen LogP contribution >= 0.6 is 0 Å². The number of hydrogen-bond acceptors (Lipinski definition) is 4. The standard InChI is InChI=1S/C6H15NO3.H2O/c1-4(8)7(5(2)9)6(3)10;/h4-6,8-10H,1-3H3;1H2. The zero-order chi connectivity index (χ0) is 8.31. The molecule has 0 bridgehead atoms. The van der Waals surface area contributed by atoms with Crippen molar-refractivity contribution in [2.45, 2.75) is 39.5 Å². The van der Waals surface area contributed by atoms with Gasteiger partial charge < -0.3 is 20.8 Å². The zero-order valence-electron chi connectivity index (χ0n) is 7.02. The molecule has 11 heavy (non-hydrogen) atoms. The molecule has 70 valence electrons. The Kier molecular flexibility index (Phi) is 6.64. The molecule has 3 atom stereocenters. The summed E-state index contributed by atoms with van der Waals surface area (Å²) in [6.07, 6.45) is -2.50. The van der Waals surface area contributed by atoms with Crippen LogP contribution in [0.3, 0.4) is 0 Å². The summed E-state index contributed by atoms with van der Waals surface area (Å²) in [5.74, 6) is 0. The van der Waals surface area contributed by atoms with Crippen LogP contribution in [0.5, 0.6) is 0 Å². The van der Waals surface area contributed by atoms with Crippen molar-refractivity contribution in [1.29, 1.82) is 0 Å². The van der Waals surface area contributed by atoms with E-state index in [0.29, 0.717) is 0 Å². The van der Waals surface area contributed by atoms with Gasteiger partial charge in [-0.15, -0.1) is 0 Å². The van der Waals surface area contributed by atoms with Crippen molar-refractivity contribution in [3.8, 4) is 0 Å². The van der Waals surface area contributed by atoms with Crippen LogP contribution in [0.4, 0.5) is 0 Å². The molecule has 5 N–H and O–H groups in total. The molecule has 0 heterocycles. The van der Waals surface area contributed by atoms with Gasteiger partial charge in [-0.05, 0) is 20.8 Å². The lowest BCUT2D eigenvalue weighted by atomic mass is 10.4. The molecule has 5 nitrogen and oxygen atoms in total. The summed E-state index contributed by atoms with van der Waals surface area (Å²) < 4.78 is 0. The highest BCUT2D eigenvalue weighted by atomic mass is 16.4. The Morgan fingerprint density at radius 1 is 0.818 bits per heavy atom. The molecular weight excluding hydrogens is 150 g/mol. The second-order valence-electron chi connectivity index (χ2n) is 2.34. The molecule has 3 unspecified atom stereocenters.